The zero-order chi connectivity index (χ0) is 17.8. The van der Waals surface area contributed by atoms with Crippen molar-refractivity contribution in [3.63, 3.8) is 0 Å². The predicted molar refractivity (Wildman–Crippen MR) is 91.1 cm³/mol. The molecule has 0 radical (unpaired) electrons. The van der Waals surface area contributed by atoms with Crippen molar-refractivity contribution < 1.29 is 23.8 Å². The molecule has 1 N–H and O–H groups in total. The Bertz CT molecular complexity index is 761. The van der Waals surface area contributed by atoms with Gasteiger partial charge in [-0.15, -0.1) is 0 Å². The van der Waals surface area contributed by atoms with Crippen molar-refractivity contribution in [2.75, 3.05) is 6.61 Å². The number of carbonyl (C=O) groups excluding carboxylic acids is 2. The summed E-state index contributed by atoms with van der Waals surface area (Å²) in [6.45, 7) is 1.89. The Morgan fingerprint density at radius 3 is 2.64 bits per heavy atom. The molecule has 3 rings (SSSR count). The molecular weight excluding hydrogens is 320 g/mol. The number of carbonyl (C=O) groups is 2. The van der Waals surface area contributed by atoms with E-state index in [0.717, 1.165) is 11.8 Å². The van der Waals surface area contributed by atoms with Crippen molar-refractivity contribution in [2.45, 2.75) is 25.2 Å². The first kappa shape index (κ1) is 17.0. The highest BCUT2D eigenvalue weighted by atomic mass is 16.5. The van der Waals surface area contributed by atoms with Crippen LogP contribution in [0.2, 0.25) is 0 Å². The van der Waals surface area contributed by atoms with E-state index in [1.54, 1.807) is 19.1 Å². The van der Waals surface area contributed by atoms with Gasteiger partial charge in [-0.05, 0) is 24.6 Å². The fourth-order valence-corrected chi connectivity index (χ4v) is 3.53. The minimum absolute atomic E-state index is 0.0493. The number of benzene rings is 1. The summed E-state index contributed by atoms with van der Waals surface area (Å²) in [5, 5.41) is 10.6. The average molecular weight is 340 g/mol. The zero-order valence-electron chi connectivity index (χ0n) is 13.9. The first-order valence-corrected chi connectivity index (χ1v) is 8.30. The second-order valence-corrected chi connectivity index (χ2v) is 6.01. The molecule has 3 atom stereocenters. The van der Waals surface area contributed by atoms with Crippen LogP contribution < -0.4 is 0 Å². The van der Waals surface area contributed by atoms with E-state index in [0.29, 0.717) is 5.76 Å². The summed E-state index contributed by atoms with van der Waals surface area (Å²) >= 11 is 0. The lowest BCUT2D eigenvalue weighted by molar-refractivity contribution is -0.139. The molecule has 1 aromatic carbocycles. The highest BCUT2D eigenvalue weighted by molar-refractivity contribution is 5.92. The van der Waals surface area contributed by atoms with Crippen LogP contribution in [-0.4, -0.2) is 24.0 Å². The SMILES string of the molecule is CCOC(=O)C1=C(O)C[C@H](c2ccccc2)[C@@H](C=O)[C@H]1c1ccco1. The Hall–Kier alpha value is -2.82. The van der Waals surface area contributed by atoms with Crippen LogP contribution in [0.1, 0.15) is 36.5 Å². The number of esters is 1. The normalized spacial score (nSPS) is 23.3. The maximum Gasteiger partial charge on any atom is 0.338 e. The summed E-state index contributed by atoms with van der Waals surface area (Å²) in [5.74, 6) is -1.65. The van der Waals surface area contributed by atoms with Crippen molar-refractivity contribution in [3.05, 3.63) is 71.4 Å². The minimum atomic E-state index is -0.675. The lowest BCUT2D eigenvalue weighted by Gasteiger charge is -2.35. The number of allylic oxidation sites excluding steroid dienone is 1. The molecule has 0 saturated carbocycles. The molecule has 1 heterocycles. The molecule has 25 heavy (non-hydrogen) atoms. The first-order chi connectivity index (χ1) is 12.2. The van der Waals surface area contributed by atoms with Gasteiger partial charge in [-0.25, -0.2) is 4.79 Å². The van der Waals surface area contributed by atoms with E-state index in [9.17, 15) is 14.7 Å². The monoisotopic (exact) mass is 340 g/mol. The van der Waals surface area contributed by atoms with Crippen LogP contribution in [-0.2, 0) is 14.3 Å². The van der Waals surface area contributed by atoms with E-state index in [-0.39, 0.29) is 30.3 Å². The molecule has 0 bridgehead atoms. The zero-order valence-corrected chi connectivity index (χ0v) is 13.9. The standard InChI is InChI=1S/C20H20O5/c1-2-24-20(23)19-16(22)11-14(13-7-4-3-5-8-13)15(12-21)18(19)17-9-6-10-25-17/h3-10,12,14-15,18,22H,2,11H2,1H3/t14-,15-,18+/m1/s1. The first-order valence-electron chi connectivity index (χ1n) is 8.30. The summed E-state index contributed by atoms with van der Waals surface area (Å²) in [7, 11) is 0. The van der Waals surface area contributed by atoms with Gasteiger partial charge in [0.15, 0.2) is 0 Å². The molecule has 1 aliphatic rings. The molecule has 1 aromatic heterocycles. The van der Waals surface area contributed by atoms with Crippen molar-refractivity contribution >= 4 is 12.3 Å². The van der Waals surface area contributed by atoms with Crippen LogP contribution >= 0.6 is 0 Å². The van der Waals surface area contributed by atoms with Gasteiger partial charge in [0.25, 0.3) is 0 Å². The van der Waals surface area contributed by atoms with Gasteiger partial charge < -0.3 is 19.1 Å². The van der Waals surface area contributed by atoms with E-state index in [1.165, 1.54) is 6.26 Å². The highest BCUT2D eigenvalue weighted by Gasteiger charge is 2.44. The Kier molecular flexibility index (Phi) is 5.03. The van der Waals surface area contributed by atoms with Gasteiger partial charge in [-0.2, -0.15) is 0 Å². The van der Waals surface area contributed by atoms with Gasteiger partial charge >= 0.3 is 5.97 Å². The molecule has 0 amide bonds. The van der Waals surface area contributed by atoms with Gasteiger partial charge in [0, 0.05) is 18.3 Å². The van der Waals surface area contributed by atoms with Gasteiger partial charge in [0.2, 0.25) is 0 Å². The van der Waals surface area contributed by atoms with Crippen LogP contribution in [0.25, 0.3) is 0 Å². The minimum Gasteiger partial charge on any atom is -0.512 e. The topological polar surface area (TPSA) is 76.7 Å². The largest absolute Gasteiger partial charge is 0.512 e. The van der Waals surface area contributed by atoms with E-state index >= 15 is 0 Å². The highest BCUT2D eigenvalue weighted by Crippen LogP contribution is 2.48. The number of furan rings is 1. The van der Waals surface area contributed by atoms with Crippen molar-refractivity contribution in [1.29, 1.82) is 0 Å². The molecule has 0 spiro atoms. The maximum atomic E-state index is 12.4. The molecule has 1 aliphatic carbocycles. The molecular formula is C20H20O5. The number of aldehydes is 1. The summed E-state index contributed by atoms with van der Waals surface area (Å²) in [6, 6.07) is 12.9. The van der Waals surface area contributed by atoms with Crippen molar-refractivity contribution in [3.8, 4) is 0 Å². The Morgan fingerprint density at radius 2 is 2.04 bits per heavy atom. The fraction of sp³-hybridized carbons (Fsp3) is 0.300. The second kappa shape index (κ2) is 7.38. The van der Waals surface area contributed by atoms with Crippen LogP contribution in [0.15, 0.2) is 64.5 Å². The molecule has 0 unspecified atom stereocenters. The molecule has 5 heteroatoms. The summed E-state index contributed by atoms with van der Waals surface area (Å²) < 4.78 is 10.6. The lowest BCUT2D eigenvalue weighted by Crippen LogP contribution is -2.32. The smallest absolute Gasteiger partial charge is 0.338 e. The quantitative estimate of drug-likeness (QED) is 0.663. The summed E-state index contributed by atoms with van der Waals surface area (Å²) in [4.78, 5) is 24.4. The maximum absolute atomic E-state index is 12.4. The number of aliphatic hydroxyl groups excluding tert-OH is 1. The molecule has 2 aromatic rings. The predicted octanol–water partition coefficient (Wildman–Crippen LogP) is 3.74. The van der Waals surface area contributed by atoms with Crippen LogP contribution in [0.3, 0.4) is 0 Å². The van der Waals surface area contributed by atoms with Gasteiger partial charge in [0.05, 0.1) is 24.4 Å². The third-order valence-electron chi connectivity index (χ3n) is 4.61. The van der Waals surface area contributed by atoms with E-state index < -0.39 is 17.8 Å². The molecule has 5 nitrogen and oxygen atoms in total. The molecule has 130 valence electrons. The number of ether oxygens (including phenoxy) is 1. The number of aliphatic hydroxyl groups is 1. The summed E-state index contributed by atoms with van der Waals surface area (Å²) in [5.41, 5.74) is 1.05. The van der Waals surface area contributed by atoms with Crippen molar-refractivity contribution in [2.24, 2.45) is 5.92 Å². The Labute approximate surface area is 145 Å². The van der Waals surface area contributed by atoms with Gasteiger partial charge in [0.1, 0.15) is 17.8 Å². The molecule has 0 saturated heterocycles. The second-order valence-electron chi connectivity index (χ2n) is 6.01. The summed E-state index contributed by atoms with van der Waals surface area (Å²) in [6.07, 6.45) is 2.54. The van der Waals surface area contributed by atoms with E-state index in [1.807, 2.05) is 30.3 Å². The Morgan fingerprint density at radius 1 is 1.28 bits per heavy atom. The van der Waals surface area contributed by atoms with E-state index in [2.05, 4.69) is 0 Å². The number of hydrogen-bond donors (Lipinski definition) is 1. The number of hydrogen-bond acceptors (Lipinski definition) is 5. The third kappa shape index (κ3) is 3.22. The van der Waals surface area contributed by atoms with Crippen LogP contribution in [0.4, 0.5) is 0 Å². The molecule has 0 aliphatic heterocycles. The molecule has 0 fully saturated rings. The van der Waals surface area contributed by atoms with Crippen LogP contribution in [0.5, 0.6) is 0 Å². The lowest BCUT2D eigenvalue weighted by atomic mass is 9.68. The van der Waals surface area contributed by atoms with Crippen LogP contribution in [0, 0.1) is 5.92 Å². The van der Waals surface area contributed by atoms with Crippen molar-refractivity contribution in [1.82, 2.24) is 0 Å². The average Bonchev–Trinajstić information content (AvgIpc) is 3.16. The van der Waals surface area contributed by atoms with Gasteiger partial charge in [-0.1, -0.05) is 30.3 Å². The van der Waals surface area contributed by atoms with Gasteiger partial charge in [-0.3, -0.25) is 0 Å². The third-order valence-corrected chi connectivity index (χ3v) is 4.61. The fourth-order valence-electron chi connectivity index (χ4n) is 3.53. The van der Waals surface area contributed by atoms with E-state index in [4.69, 9.17) is 9.15 Å². The Balaban J connectivity index is 2.11. The number of rotatable bonds is 5.